The lowest BCUT2D eigenvalue weighted by molar-refractivity contribution is -0.152. The standard InChI is InChI=1S/C15H22O4/c1-10-6-7-12(11(2)16)13(8-10)19-9-15(3,4)14(17)18-5/h6-8,11,16H,9H2,1-5H3/t11-/m0/s1. The van der Waals surface area contributed by atoms with E-state index in [0.29, 0.717) is 11.3 Å². The Labute approximate surface area is 114 Å². The van der Waals surface area contributed by atoms with Crippen molar-refractivity contribution in [3.63, 3.8) is 0 Å². The van der Waals surface area contributed by atoms with Crippen molar-refractivity contribution in [2.75, 3.05) is 13.7 Å². The summed E-state index contributed by atoms with van der Waals surface area (Å²) in [5.74, 6) is 0.283. The Hall–Kier alpha value is -1.55. The number of aryl methyl sites for hydroxylation is 1. The predicted molar refractivity (Wildman–Crippen MR) is 73.1 cm³/mol. The van der Waals surface area contributed by atoms with Crippen molar-refractivity contribution in [1.82, 2.24) is 0 Å². The van der Waals surface area contributed by atoms with E-state index < -0.39 is 11.5 Å². The minimum atomic E-state index is -0.728. The van der Waals surface area contributed by atoms with Crippen LogP contribution in [0.2, 0.25) is 0 Å². The van der Waals surface area contributed by atoms with Crippen LogP contribution in [0.3, 0.4) is 0 Å². The molecule has 0 fully saturated rings. The molecule has 1 atom stereocenters. The molecule has 0 saturated heterocycles. The zero-order chi connectivity index (χ0) is 14.6. The number of benzene rings is 1. The van der Waals surface area contributed by atoms with E-state index in [4.69, 9.17) is 9.47 Å². The number of ether oxygens (including phenoxy) is 2. The van der Waals surface area contributed by atoms with Crippen LogP contribution in [0.25, 0.3) is 0 Å². The van der Waals surface area contributed by atoms with E-state index >= 15 is 0 Å². The minimum absolute atomic E-state index is 0.197. The van der Waals surface area contributed by atoms with Crippen molar-refractivity contribution in [1.29, 1.82) is 0 Å². The summed E-state index contributed by atoms with van der Waals surface area (Å²) < 4.78 is 10.4. The Morgan fingerprint density at radius 1 is 1.42 bits per heavy atom. The Balaban J connectivity index is 2.88. The number of aliphatic hydroxyl groups is 1. The molecule has 1 rings (SSSR count). The monoisotopic (exact) mass is 266 g/mol. The predicted octanol–water partition coefficient (Wildman–Crippen LogP) is 2.63. The lowest BCUT2D eigenvalue weighted by Gasteiger charge is -2.23. The molecule has 4 nitrogen and oxygen atoms in total. The average Bonchev–Trinajstić information content (AvgIpc) is 2.35. The first-order chi connectivity index (χ1) is 8.77. The number of carbonyl (C=O) groups is 1. The molecule has 0 saturated carbocycles. The highest BCUT2D eigenvalue weighted by atomic mass is 16.5. The number of hydrogen-bond donors (Lipinski definition) is 1. The van der Waals surface area contributed by atoms with Crippen molar-refractivity contribution >= 4 is 5.97 Å². The van der Waals surface area contributed by atoms with Gasteiger partial charge in [0, 0.05) is 5.56 Å². The van der Waals surface area contributed by atoms with E-state index in [2.05, 4.69) is 0 Å². The third-order valence-electron chi connectivity index (χ3n) is 2.95. The molecule has 0 aliphatic carbocycles. The molecule has 106 valence electrons. The highest BCUT2D eigenvalue weighted by Crippen LogP contribution is 2.28. The van der Waals surface area contributed by atoms with Gasteiger partial charge in [0.2, 0.25) is 0 Å². The first-order valence-electron chi connectivity index (χ1n) is 6.28. The maximum atomic E-state index is 11.6. The molecule has 4 heteroatoms. The first kappa shape index (κ1) is 15.5. The summed E-state index contributed by atoms with van der Waals surface area (Å²) in [5, 5.41) is 9.71. The molecule has 0 bridgehead atoms. The third kappa shape index (κ3) is 3.96. The second-order valence-electron chi connectivity index (χ2n) is 5.38. The quantitative estimate of drug-likeness (QED) is 0.832. The lowest BCUT2D eigenvalue weighted by atomic mass is 9.95. The zero-order valence-corrected chi connectivity index (χ0v) is 12.2. The van der Waals surface area contributed by atoms with Gasteiger partial charge in [0.05, 0.1) is 18.6 Å². The van der Waals surface area contributed by atoms with Gasteiger partial charge in [0.25, 0.3) is 0 Å². The molecular weight excluding hydrogens is 244 g/mol. The van der Waals surface area contributed by atoms with Gasteiger partial charge in [-0.1, -0.05) is 12.1 Å². The largest absolute Gasteiger partial charge is 0.492 e. The number of carbonyl (C=O) groups excluding carboxylic acids is 1. The van der Waals surface area contributed by atoms with Gasteiger partial charge in [-0.15, -0.1) is 0 Å². The van der Waals surface area contributed by atoms with Crippen molar-refractivity contribution in [2.45, 2.75) is 33.8 Å². The van der Waals surface area contributed by atoms with Gasteiger partial charge in [-0.3, -0.25) is 4.79 Å². The fourth-order valence-corrected chi connectivity index (χ4v) is 1.71. The van der Waals surface area contributed by atoms with Crippen LogP contribution in [0, 0.1) is 12.3 Å². The summed E-state index contributed by atoms with van der Waals surface area (Å²) in [6, 6.07) is 5.61. The molecule has 0 unspecified atom stereocenters. The van der Waals surface area contributed by atoms with Gasteiger partial charge in [0.15, 0.2) is 0 Å². The third-order valence-corrected chi connectivity index (χ3v) is 2.95. The van der Waals surface area contributed by atoms with E-state index in [1.165, 1.54) is 7.11 Å². The van der Waals surface area contributed by atoms with Crippen LogP contribution in [0.5, 0.6) is 5.75 Å². The summed E-state index contributed by atoms with van der Waals surface area (Å²) in [6.45, 7) is 7.35. The molecule has 1 aromatic carbocycles. The van der Waals surface area contributed by atoms with Crippen molar-refractivity contribution in [3.8, 4) is 5.75 Å². The summed E-state index contributed by atoms with van der Waals surface area (Å²) in [6.07, 6.45) is -0.614. The van der Waals surface area contributed by atoms with E-state index in [-0.39, 0.29) is 12.6 Å². The summed E-state index contributed by atoms with van der Waals surface area (Å²) in [4.78, 5) is 11.6. The molecular formula is C15H22O4. The lowest BCUT2D eigenvalue weighted by Crippen LogP contribution is -2.32. The number of hydrogen-bond acceptors (Lipinski definition) is 4. The molecule has 0 aliphatic rings. The number of aliphatic hydroxyl groups excluding tert-OH is 1. The van der Waals surface area contributed by atoms with Gasteiger partial charge in [-0.05, 0) is 39.3 Å². The maximum absolute atomic E-state index is 11.6. The van der Waals surface area contributed by atoms with E-state index in [1.54, 1.807) is 20.8 Å². The molecule has 0 radical (unpaired) electrons. The van der Waals surface area contributed by atoms with E-state index in [0.717, 1.165) is 5.56 Å². The van der Waals surface area contributed by atoms with Gasteiger partial charge in [0.1, 0.15) is 12.4 Å². The Bertz CT molecular complexity index is 449. The second kappa shape index (κ2) is 6.06. The van der Waals surface area contributed by atoms with Crippen molar-refractivity contribution < 1.29 is 19.4 Å². The maximum Gasteiger partial charge on any atom is 0.314 e. The minimum Gasteiger partial charge on any atom is -0.492 e. The van der Waals surface area contributed by atoms with E-state index in [1.807, 2.05) is 25.1 Å². The number of rotatable bonds is 5. The topological polar surface area (TPSA) is 55.8 Å². The van der Waals surface area contributed by atoms with Crippen LogP contribution >= 0.6 is 0 Å². The summed E-state index contributed by atoms with van der Waals surface area (Å²) in [5.41, 5.74) is 1.02. The molecule has 0 aromatic heterocycles. The SMILES string of the molecule is COC(=O)C(C)(C)COc1cc(C)ccc1[C@H](C)O. The van der Waals surface area contributed by atoms with Crippen molar-refractivity contribution in [3.05, 3.63) is 29.3 Å². The zero-order valence-electron chi connectivity index (χ0n) is 12.2. The Kier molecular flexibility index (Phi) is 4.95. The molecule has 0 heterocycles. The van der Waals surface area contributed by atoms with Crippen molar-refractivity contribution in [2.24, 2.45) is 5.41 Å². The van der Waals surface area contributed by atoms with Gasteiger partial charge in [-0.25, -0.2) is 0 Å². The molecule has 19 heavy (non-hydrogen) atoms. The fourth-order valence-electron chi connectivity index (χ4n) is 1.71. The normalized spacial score (nSPS) is 12.9. The second-order valence-corrected chi connectivity index (χ2v) is 5.38. The Morgan fingerprint density at radius 3 is 2.58 bits per heavy atom. The average molecular weight is 266 g/mol. The van der Waals surface area contributed by atoms with Gasteiger partial charge >= 0.3 is 5.97 Å². The van der Waals surface area contributed by atoms with Crippen LogP contribution in [-0.2, 0) is 9.53 Å². The first-order valence-corrected chi connectivity index (χ1v) is 6.28. The smallest absolute Gasteiger partial charge is 0.314 e. The van der Waals surface area contributed by atoms with Crippen LogP contribution in [0.1, 0.15) is 38.0 Å². The molecule has 0 amide bonds. The summed E-state index contributed by atoms with van der Waals surface area (Å²) in [7, 11) is 1.36. The number of esters is 1. The molecule has 1 N–H and O–H groups in total. The molecule has 1 aromatic rings. The molecule has 0 aliphatic heterocycles. The summed E-state index contributed by atoms with van der Waals surface area (Å²) >= 11 is 0. The molecule has 0 spiro atoms. The highest BCUT2D eigenvalue weighted by Gasteiger charge is 2.30. The van der Waals surface area contributed by atoms with Gasteiger partial charge < -0.3 is 14.6 Å². The highest BCUT2D eigenvalue weighted by molar-refractivity contribution is 5.75. The Morgan fingerprint density at radius 2 is 2.05 bits per heavy atom. The van der Waals surface area contributed by atoms with Crippen LogP contribution in [-0.4, -0.2) is 24.8 Å². The number of methoxy groups -OCH3 is 1. The fraction of sp³-hybridized carbons (Fsp3) is 0.533. The van der Waals surface area contributed by atoms with Crippen LogP contribution in [0.4, 0.5) is 0 Å². The van der Waals surface area contributed by atoms with Crippen LogP contribution in [0.15, 0.2) is 18.2 Å². The van der Waals surface area contributed by atoms with Crippen LogP contribution < -0.4 is 4.74 Å². The van der Waals surface area contributed by atoms with E-state index in [9.17, 15) is 9.90 Å². The van der Waals surface area contributed by atoms with Gasteiger partial charge in [-0.2, -0.15) is 0 Å².